The quantitative estimate of drug-likeness (QED) is 0.436. The van der Waals surface area contributed by atoms with Crippen LogP contribution in [0.5, 0.6) is 5.75 Å². The number of carbonyl (C=O) groups is 1. The van der Waals surface area contributed by atoms with Crippen LogP contribution in [0.1, 0.15) is 25.3 Å². The van der Waals surface area contributed by atoms with Crippen molar-refractivity contribution in [2.24, 2.45) is 0 Å². The minimum absolute atomic E-state index is 0.168. The smallest absolute Gasteiger partial charge is 0.244 e. The number of pyridine rings is 1. The van der Waals surface area contributed by atoms with Crippen LogP contribution in [0, 0.1) is 0 Å². The molecule has 1 aliphatic rings. The van der Waals surface area contributed by atoms with Gasteiger partial charge in [0.15, 0.2) is 0 Å². The highest BCUT2D eigenvalue weighted by Crippen LogP contribution is 2.26. The Bertz CT molecular complexity index is 1200. The Labute approximate surface area is 204 Å². The Morgan fingerprint density at radius 1 is 1.06 bits per heavy atom. The summed E-state index contributed by atoms with van der Waals surface area (Å²) >= 11 is 1.28. The predicted octanol–water partition coefficient (Wildman–Crippen LogP) is 4.56. The molecule has 7 nitrogen and oxygen atoms in total. The Hall–Kier alpha value is -2.88. The summed E-state index contributed by atoms with van der Waals surface area (Å²) in [6, 6.07) is 20.3. The summed E-state index contributed by atoms with van der Waals surface area (Å²) in [4.78, 5) is 17.1. The first-order chi connectivity index (χ1) is 16.4. The normalized spacial score (nSPS) is 15.1. The van der Waals surface area contributed by atoms with E-state index in [-0.39, 0.29) is 10.8 Å². The molecule has 0 saturated carbocycles. The van der Waals surface area contributed by atoms with Gasteiger partial charge in [0.25, 0.3) is 0 Å². The van der Waals surface area contributed by atoms with Crippen LogP contribution < -0.4 is 10.1 Å². The number of hydrogen-bond acceptors (Lipinski definition) is 6. The summed E-state index contributed by atoms with van der Waals surface area (Å²) in [5.74, 6) is 0.552. The lowest BCUT2D eigenvalue weighted by molar-refractivity contribution is -0.115. The van der Waals surface area contributed by atoms with Gasteiger partial charge in [-0.25, -0.2) is 13.4 Å². The van der Waals surface area contributed by atoms with Gasteiger partial charge in [0.2, 0.25) is 15.9 Å². The second-order valence-corrected chi connectivity index (χ2v) is 11.3. The summed E-state index contributed by atoms with van der Waals surface area (Å²) in [6.45, 7) is 3.37. The third kappa shape index (κ3) is 6.16. The fourth-order valence-corrected chi connectivity index (χ4v) is 5.77. The molecule has 1 amide bonds. The van der Waals surface area contributed by atoms with Crippen molar-refractivity contribution in [3.05, 3.63) is 78.5 Å². The van der Waals surface area contributed by atoms with Crippen LogP contribution >= 0.6 is 11.8 Å². The molecule has 34 heavy (non-hydrogen) atoms. The molecule has 4 rings (SSSR count). The maximum Gasteiger partial charge on any atom is 0.244 e. The molecule has 3 aromatic rings. The van der Waals surface area contributed by atoms with Gasteiger partial charge in [0, 0.05) is 25.0 Å². The average Bonchev–Trinajstić information content (AvgIpc) is 3.41. The number of aromatic nitrogens is 1. The first kappa shape index (κ1) is 24.3. The van der Waals surface area contributed by atoms with Crippen LogP contribution in [-0.2, 0) is 21.4 Å². The van der Waals surface area contributed by atoms with E-state index in [0.717, 1.165) is 24.2 Å². The molecule has 1 aliphatic heterocycles. The SMILES string of the molecule is CC(Sc1ccc(S(=O)(=O)N2CCCC2)cn1)C(=O)Nc1ccc(OCc2ccccc2)cc1. The van der Waals surface area contributed by atoms with Gasteiger partial charge in [-0.3, -0.25) is 4.79 Å². The van der Waals surface area contributed by atoms with Crippen LogP contribution in [0.2, 0.25) is 0 Å². The zero-order valence-electron chi connectivity index (χ0n) is 18.9. The maximum absolute atomic E-state index is 12.6. The van der Waals surface area contributed by atoms with E-state index >= 15 is 0 Å². The number of benzene rings is 2. The van der Waals surface area contributed by atoms with Gasteiger partial charge in [0.05, 0.1) is 10.3 Å². The molecular weight excluding hydrogens is 470 g/mol. The summed E-state index contributed by atoms with van der Waals surface area (Å²) in [5.41, 5.74) is 1.76. The lowest BCUT2D eigenvalue weighted by Gasteiger charge is -2.15. The standard InChI is InChI=1S/C25H27N3O4S2/c1-19(33-24-14-13-23(17-26-24)34(30,31)28-15-5-6-16-28)25(29)27-21-9-11-22(12-10-21)32-18-20-7-3-2-4-8-20/h2-4,7-14,17,19H,5-6,15-16,18H2,1H3,(H,27,29). The van der Waals surface area contributed by atoms with Gasteiger partial charge in [-0.15, -0.1) is 0 Å². The van der Waals surface area contributed by atoms with E-state index in [9.17, 15) is 13.2 Å². The van der Waals surface area contributed by atoms with E-state index in [4.69, 9.17) is 4.74 Å². The molecule has 1 fully saturated rings. The number of carbonyl (C=O) groups excluding carboxylic acids is 1. The third-order valence-corrected chi connectivity index (χ3v) is 8.38. The highest BCUT2D eigenvalue weighted by atomic mass is 32.2. The first-order valence-corrected chi connectivity index (χ1v) is 13.4. The molecule has 1 aromatic heterocycles. The van der Waals surface area contributed by atoms with Crippen molar-refractivity contribution in [1.82, 2.24) is 9.29 Å². The molecule has 0 aliphatic carbocycles. The van der Waals surface area contributed by atoms with Crippen molar-refractivity contribution in [3.8, 4) is 5.75 Å². The number of amides is 1. The van der Waals surface area contributed by atoms with Crippen LogP contribution in [-0.4, -0.2) is 42.0 Å². The lowest BCUT2D eigenvalue weighted by atomic mass is 10.2. The van der Waals surface area contributed by atoms with E-state index in [1.807, 2.05) is 42.5 Å². The molecular formula is C25H27N3O4S2. The molecule has 1 unspecified atom stereocenters. The van der Waals surface area contributed by atoms with Crippen molar-refractivity contribution >= 4 is 33.4 Å². The van der Waals surface area contributed by atoms with E-state index in [1.54, 1.807) is 31.2 Å². The molecule has 0 bridgehead atoms. The zero-order chi connectivity index (χ0) is 24.0. The van der Waals surface area contributed by atoms with Crippen molar-refractivity contribution in [1.29, 1.82) is 0 Å². The molecule has 1 saturated heterocycles. The highest BCUT2D eigenvalue weighted by molar-refractivity contribution is 8.00. The molecule has 1 atom stereocenters. The van der Waals surface area contributed by atoms with E-state index in [1.165, 1.54) is 22.3 Å². The van der Waals surface area contributed by atoms with Crippen molar-refractivity contribution in [3.63, 3.8) is 0 Å². The third-order valence-electron chi connectivity index (χ3n) is 5.45. The second kappa shape index (κ2) is 11.0. The summed E-state index contributed by atoms with van der Waals surface area (Å²) < 4.78 is 32.5. The second-order valence-electron chi connectivity index (χ2n) is 7.99. The summed E-state index contributed by atoms with van der Waals surface area (Å²) in [5, 5.41) is 3.07. The van der Waals surface area contributed by atoms with Gasteiger partial charge >= 0.3 is 0 Å². The van der Waals surface area contributed by atoms with Gasteiger partial charge in [-0.2, -0.15) is 4.31 Å². The zero-order valence-corrected chi connectivity index (χ0v) is 20.5. The lowest BCUT2D eigenvalue weighted by Crippen LogP contribution is -2.28. The maximum atomic E-state index is 12.6. The number of anilines is 1. The molecule has 0 radical (unpaired) electrons. The Kier molecular flexibility index (Phi) is 7.87. The van der Waals surface area contributed by atoms with Gasteiger partial charge in [-0.05, 0) is 61.7 Å². The van der Waals surface area contributed by atoms with E-state index in [0.29, 0.717) is 30.4 Å². The largest absolute Gasteiger partial charge is 0.489 e. The number of nitrogens with zero attached hydrogens (tertiary/aromatic N) is 2. The summed E-state index contributed by atoms with van der Waals surface area (Å²) in [7, 11) is -3.49. The van der Waals surface area contributed by atoms with Gasteiger partial charge in [-0.1, -0.05) is 42.1 Å². The average molecular weight is 498 g/mol. The molecule has 2 heterocycles. The van der Waals surface area contributed by atoms with Crippen molar-refractivity contribution in [2.75, 3.05) is 18.4 Å². The van der Waals surface area contributed by atoms with Crippen molar-refractivity contribution < 1.29 is 17.9 Å². The fraction of sp³-hybridized carbons (Fsp3) is 0.280. The highest BCUT2D eigenvalue weighted by Gasteiger charge is 2.27. The van der Waals surface area contributed by atoms with Crippen LogP contribution in [0.3, 0.4) is 0 Å². The molecule has 0 spiro atoms. The van der Waals surface area contributed by atoms with E-state index in [2.05, 4.69) is 10.3 Å². The summed E-state index contributed by atoms with van der Waals surface area (Å²) in [6.07, 6.45) is 3.14. The molecule has 178 valence electrons. The molecule has 9 heteroatoms. The predicted molar refractivity (Wildman–Crippen MR) is 133 cm³/mol. The minimum atomic E-state index is -3.49. The van der Waals surface area contributed by atoms with Gasteiger partial charge < -0.3 is 10.1 Å². The number of hydrogen-bond donors (Lipinski definition) is 1. The van der Waals surface area contributed by atoms with Crippen LogP contribution in [0.15, 0.2) is 82.8 Å². The van der Waals surface area contributed by atoms with Crippen LogP contribution in [0.25, 0.3) is 0 Å². The molecule has 2 aromatic carbocycles. The van der Waals surface area contributed by atoms with Crippen molar-refractivity contribution in [2.45, 2.75) is 41.5 Å². The first-order valence-electron chi connectivity index (χ1n) is 11.1. The Balaban J connectivity index is 1.29. The van der Waals surface area contributed by atoms with E-state index < -0.39 is 15.3 Å². The minimum Gasteiger partial charge on any atom is -0.489 e. The number of sulfonamides is 1. The Morgan fingerprint density at radius 2 is 1.76 bits per heavy atom. The number of rotatable bonds is 9. The fourth-order valence-electron chi connectivity index (χ4n) is 3.52. The Morgan fingerprint density at radius 3 is 2.41 bits per heavy atom. The number of ether oxygens (including phenoxy) is 1. The monoisotopic (exact) mass is 497 g/mol. The molecule has 1 N–H and O–H groups in total. The van der Waals surface area contributed by atoms with Crippen LogP contribution in [0.4, 0.5) is 5.69 Å². The number of thioether (sulfide) groups is 1. The number of nitrogens with one attached hydrogen (secondary N) is 1. The topological polar surface area (TPSA) is 88.6 Å². The van der Waals surface area contributed by atoms with Gasteiger partial charge in [0.1, 0.15) is 17.3 Å².